The van der Waals surface area contributed by atoms with Crippen LogP contribution in [0, 0.1) is 5.82 Å². The van der Waals surface area contributed by atoms with Gasteiger partial charge in [0.1, 0.15) is 11.4 Å². The van der Waals surface area contributed by atoms with Crippen LogP contribution in [0.15, 0.2) is 40.8 Å². The van der Waals surface area contributed by atoms with Crippen LogP contribution in [-0.2, 0) is 24.3 Å². The van der Waals surface area contributed by atoms with E-state index < -0.39 is 5.91 Å². The van der Waals surface area contributed by atoms with E-state index in [-0.39, 0.29) is 23.9 Å². The van der Waals surface area contributed by atoms with Crippen LogP contribution in [0.1, 0.15) is 27.2 Å². The van der Waals surface area contributed by atoms with Crippen molar-refractivity contribution in [3.63, 3.8) is 0 Å². The summed E-state index contributed by atoms with van der Waals surface area (Å²) in [4.78, 5) is 12.8. The van der Waals surface area contributed by atoms with E-state index in [9.17, 15) is 9.18 Å². The number of methoxy groups -OCH3 is 1. The van der Waals surface area contributed by atoms with Crippen LogP contribution in [0.3, 0.4) is 0 Å². The third-order valence-electron chi connectivity index (χ3n) is 4.65. The predicted octanol–water partition coefficient (Wildman–Crippen LogP) is 3.62. The quantitative estimate of drug-likeness (QED) is 0.751. The van der Waals surface area contributed by atoms with E-state index in [1.807, 2.05) is 24.3 Å². The zero-order chi connectivity index (χ0) is 18.1. The number of anilines is 1. The zero-order valence-corrected chi connectivity index (χ0v) is 14.4. The molecule has 5 nitrogen and oxygen atoms in total. The lowest BCUT2D eigenvalue weighted by atomic mass is 9.99. The normalized spacial score (nSPS) is 13.6. The molecule has 0 unspecified atom stereocenters. The summed E-state index contributed by atoms with van der Waals surface area (Å²) in [5, 5.41) is 6.68. The number of ether oxygens (including phenoxy) is 1. The SMILES string of the molecule is COCc1c(C(=O)Nc2ccc3c(c2F)CCNC3)oc2ccccc12. The molecule has 0 spiro atoms. The lowest BCUT2D eigenvalue weighted by molar-refractivity contribution is 0.0991. The number of para-hydroxylation sites is 1. The second kappa shape index (κ2) is 6.90. The third-order valence-corrected chi connectivity index (χ3v) is 4.65. The fourth-order valence-corrected chi connectivity index (χ4v) is 3.38. The van der Waals surface area contributed by atoms with E-state index in [1.54, 1.807) is 19.2 Å². The Morgan fingerprint density at radius 3 is 3.00 bits per heavy atom. The number of rotatable bonds is 4. The molecule has 26 heavy (non-hydrogen) atoms. The molecule has 6 heteroatoms. The molecule has 3 aromatic rings. The fourth-order valence-electron chi connectivity index (χ4n) is 3.38. The van der Waals surface area contributed by atoms with Crippen molar-refractivity contribution in [2.45, 2.75) is 19.6 Å². The predicted molar refractivity (Wildman–Crippen MR) is 96.7 cm³/mol. The van der Waals surface area contributed by atoms with Gasteiger partial charge in [0.05, 0.1) is 12.3 Å². The number of amides is 1. The molecule has 2 aromatic carbocycles. The number of fused-ring (bicyclic) bond motifs is 2. The van der Waals surface area contributed by atoms with Crippen LogP contribution >= 0.6 is 0 Å². The van der Waals surface area contributed by atoms with Crippen LogP contribution in [0.4, 0.5) is 10.1 Å². The number of benzene rings is 2. The summed E-state index contributed by atoms with van der Waals surface area (Å²) in [6.07, 6.45) is 0.602. The molecule has 1 aliphatic rings. The van der Waals surface area contributed by atoms with Crippen molar-refractivity contribution >= 4 is 22.6 Å². The van der Waals surface area contributed by atoms with E-state index in [1.165, 1.54) is 0 Å². The van der Waals surface area contributed by atoms with E-state index in [0.29, 0.717) is 29.7 Å². The lowest BCUT2D eigenvalue weighted by Gasteiger charge is -2.19. The second-order valence-corrected chi connectivity index (χ2v) is 6.28. The minimum absolute atomic E-state index is 0.145. The first-order valence-corrected chi connectivity index (χ1v) is 8.50. The van der Waals surface area contributed by atoms with Gasteiger partial charge in [-0.3, -0.25) is 4.79 Å². The molecule has 134 valence electrons. The molecule has 1 aromatic heterocycles. The average molecular weight is 354 g/mol. The summed E-state index contributed by atoms with van der Waals surface area (Å²) in [5.41, 5.74) is 3.00. The standard InChI is InChI=1S/C20H19FN2O3/c1-25-11-15-14-4-2-3-5-17(14)26-19(15)20(24)23-16-7-6-12-10-22-9-8-13(12)18(16)21/h2-7,22H,8-11H2,1H3,(H,23,24). The van der Waals surface area contributed by atoms with Gasteiger partial charge in [-0.1, -0.05) is 24.3 Å². The Morgan fingerprint density at radius 1 is 1.31 bits per heavy atom. The minimum atomic E-state index is -0.485. The molecule has 2 heterocycles. The molecule has 0 radical (unpaired) electrons. The van der Waals surface area contributed by atoms with Crippen LogP contribution < -0.4 is 10.6 Å². The largest absolute Gasteiger partial charge is 0.451 e. The van der Waals surface area contributed by atoms with Crippen LogP contribution in [0.2, 0.25) is 0 Å². The summed E-state index contributed by atoms with van der Waals surface area (Å²) in [5.74, 6) is -0.713. The number of halogens is 1. The highest BCUT2D eigenvalue weighted by molar-refractivity contribution is 6.06. The van der Waals surface area contributed by atoms with Gasteiger partial charge < -0.3 is 19.8 Å². The van der Waals surface area contributed by atoms with E-state index in [2.05, 4.69) is 10.6 Å². The third kappa shape index (κ3) is 2.87. The topological polar surface area (TPSA) is 63.5 Å². The Labute approximate surface area is 150 Å². The first-order valence-electron chi connectivity index (χ1n) is 8.50. The van der Waals surface area contributed by atoms with Crippen LogP contribution in [-0.4, -0.2) is 19.6 Å². The maximum absolute atomic E-state index is 14.8. The first kappa shape index (κ1) is 16.8. The summed E-state index contributed by atoms with van der Waals surface area (Å²) >= 11 is 0. The van der Waals surface area contributed by atoms with Gasteiger partial charge in [-0.15, -0.1) is 0 Å². The van der Waals surface area contributed by atoms with Gasteiger partial charge >= 0.3 is 0 Å². The minimum Gasteiger partial charge on any atom is -0.451 e. The van der Waals surface area contributed by atoms with Crippen molar-refractivity contribution in [2.24, 2.45) is 0 Å². The number of hydrogen-bond acceptors (Lipinski definition) is 4. The van der Waals surface area contributed by atoms with Gasteiger partial charge in [-0.05, 0) is 36.2 Å². The maximum atomic E-state index is 14.8. The smallest absolute Gasteiger partial charge is 0.291 e. The van der Waals surface area contributed by atoms with Crippen LogP contribution in [0.5, 0.6) is 0 Å². The fraction of sp³-hybridized carbons (Fsp3) is 0.250. The van der Waals surface area contributed by atoms with Crippen molar-refractivity contribution < 1.29 is 18.3 Å². The number of nitrogens with one attached hydrogen (secondary N) is 2. The monoisotopic (exact) mass is 354 g/mol. The molecule has 4 rings (SSSR count). The molecule has 0 aliphatic carbocycles. The molecule has 0 bridgehead atoms. The number of furan rings is 1. The van der Waals surface area contributed by atoms with Gasteiger partial charge in [0.15, 0.2) is 5.76 Å². The molecular weight excluding hydrogens is 335 g/mol. The van der Waals surface area contributed by atoms with Gasteiger partial charge in [-0.25, -0.2) is 4.39 Å². The number of carbonyl (C=O) groups excluding carboxylic acids is 1. The number of carbonyl (C=O) groups is 1. The Balaban J connectivity index is 1.69. The highest BCUT2D eigenvalue weighted by atomic mass is 19.1. The van der Waals surface area contributed by atoms with Crippen molar-refractivity contribution in [3.05, 3.63) is 64.7 Å². The summed E-state index contributed by atoms with van der Waals surface area (Å²) in [7, 11) is 1.56. The van der Waals surface area contributed by atoms with E-state index >= 15 is 0 Å². The Hall–Kier alpha value is -2.70. The van der Waals surface area contributed by atoms with Crippen molar-refractivity contribution in [2.75, 3.05) is 19.0 Å². The molecule has 0 saturated carbocycles. The maximum Gasteiger partial charge on any atom is 0.291 e. The molecule has 2 N–H and O–H groups in total. The average Bonchev–Trinajstić information content (AvgIpc) is 3.03. The second-order valence-electron chi connectivity index (χ2n) is 6.28. The van der Waals surface area contributed by atoms with E-state index in [0.717, 1.165) is 17.5 Å². The molecular formula is C20H19FN2O3. The molecule has 1 amide bonds. The highest BCUT2D eigenvalue weighted by Crippen LogP contribution is 2.29. The van der Waals surface area contributed by atoms with Crippen molar-refractivity contribution in [3.8, 4) is 0 Å². The Kier molecular flexibility index (Phi) is 4.44. The summed E-state index contributed by atoms with van der Waals surface area (Å²) in [6, 6.07) is 10.8. The summed E-state index contributed by atoms with van der Waals surface area (Å²) in [6.45, 7) is 1.60. The Morgan fingerprint density at radius 2 is 2.15 bits per heavy atom. The van der Waals surface area contributed by atoms with E-state index in [4.69, 9.17) is 9.15 Å². The van der Waals surface area contributed by atoms with Crippen molar-refractivity contribution in [1.29, 1.82) is 0 Å². The zero-order valence-electron chi connectivity index (χ0n) is 14.4. The van der Waals surface area contributed by atoms with Gasteiger partial charge in [0, 0.05) is 24.6 Å². The van der Waals surface area contributed by atoms with Gasteiger partial charge in [0.25, 0.3) is 5.91 Å². The van der Waals surface area contributed by atoms with Gasteiger partial charge in [0.2, 0.25) is 0 Å². The number of hydrogen-bond donors (Lipinski definition) is 2. The first-order chi connectivity index (χ1) is 12.7. The lowest BCUT2D eigenvalue weighted by Crippen LogP contribution is -2.25. The molecule has 0 saturated heterocycles. The van der Waals surface area contributed by atoms with Crippen molar-refractivity contribution in [1.82, 2.24) is 5.32 Å². The molecule has 1 aliphatic heterocycles. The Bertz CT molecular complexity index is 981. The van der Waals surface area contributed by atoms with Gasteiger partial charge in [-0.2, -0.15) is 0 Å². The molecule has 0 fully saturated rings. The molecule has 0 atom stereocenters. The van der Waals surface area contributed by atoms with Crippen LogP contribution in [0.25, 0.3) is 11.0 Å². The highest BCUT2D eigenvalue weighted by Gasteiger charge is 2.23. The summed E-state index contributed by atoms with van der Waals surface area (Å²) < 4.78 is 25.7.